The normalized spacial score (nSPS) is 11.5. The van der Waals surface area contributed by atoms with Gasteiger partial charge in [-0.1, -0.05) is 42.5 Å². The van der Waals surface area contributed by atoms with Crippen LogP contribution in [0.25, 0.3) is 22.5 Å². The molecule has 0 bridgehead atoms. The fourth-order valence-corrected chi connectivity index (χ4v) is 2.83. The van der Waals surface area contributed by atoms with Crippen LogP contribution >= 0.6 is 0 Å². The zero-order valence-corrected chi connectivity index (χ0v) is 12.3. The van der Waals surface area contributed by atoms with Gasteiger partial charge in [-0.3, -0.25) is 0 Å². The van der Waals surface area contributed by atoms with E-state index in [9.17, 15) is 8.42 Å². The molecule has 21 heavy (non-hydrogen) atoms. The molecular weight excluding hydrogens is 284 g/mol. The summed E-state index contributed by atoms with van der Waals surface area (Å²) in [5.41, 5.74) is 3.64. The number of benzene rings is 2. The molecule has 0 aliphatic rings. The number of sulfone groups is 1. The van der Waals surface area contributed by atoms with Crippen LogP contribution in [0.1, 0.15) is 0 Å². The van der Waals surface area contributed by atoms with Crippen LogP contribution in [0.3, 0.4) is 0 Å². The van der Waals surface area contributed by atoms with E-state index in [1.54, 1.807) is 30.6 Å². The number of hydrogen-bond acceptors (Lipinski definition) is 3. The molecule has 0 saturated heterocycles. The Kier molecular flexibility index (Phi) is 3.35. The molecule has 0 spiro atoms. The molecule has 3 aromatic rings. The van der Waals surface area contributed by atoms with E-state index in [1.807, 2.05) is 30.3 Å². The minimum absolute atomic E-state index is 0.312. The van der Waals surface area contributed by atoms with Crippen LogP contribution < -0.4 is 0 Å². The van der Waals surface area contributed by atoms with Crippen molar-refractivity contribution >= 4 is 9.84 Å². The number of aromatic nitrogens is 2. The van der Waals surface area contributed by atoms with E-state index in [0.717, 1.165) is 22.5 Å². The van der Waals surface area contributed by atoms with Gasteiger partial charge in [-0.2, -0.15) is 0 Å². The average molecular weight is 298 g/mol. The van der Waals surface area contributed by atoms with Gasteiger partial charge in [0, 0.05) is 17.4 Å². The summed E-state index contributed by atoms with van der Waals surface area (Å²) in [6.07, 6.45) is 2.84. The number of nitrogens with one attached hydrogen (secondary N) is 1. The molecule has 5 heteroatoms. The van der Waals surface area contributed by atoms with E-state index in [1.165, 1.54) is 6.26 Å². The first-order valence-electron chi connectivity index (χ1n) is 6.45. The predicted molar refractivity (Wildman–Crippen MR) is 82.6 cm³/mol. The monoisotopic (exact) mass is 298 g/mol. The van der Waals surface area contributed by atoms with Crippen LogP contribution in [-0.4, -0.2) is 24.6 Å². The topological polar surface area (TPSA) is 62.8 Å². The van der Waals surface area contributed by atoms with E-state index in [2.05, 4.69) is 9.97 Å². The standard InChI is InChI=1S/C16H14N2O2S/c1-21(19,20)14-9-7-13(8-10-14)16-15(17-11-18-16)12-5-3-2-4-6-12/h2-11H,1H3,(H,17,18). The fourth-order valence-electron chi connectivity index (χ4n) is 2.20. The van der Waals surface area contributed by atoms with Crippen LogP contribution in [0, 0.1) is 0 Å². The number of nitrogens with zero attached hydrogens (tertiary/aromatic N) is 1. The SMILES string of the molecule is CS(=O)(=O)c1ccc(-c2[nH]cnc2-c2ccccc2)cc1. The highest BCUT2D eigenvalue weighted by molar-refractivity contribution is 7.90. The maximum Gasteiger partial charge on any atom is 0.175 e. The van der Waals surface area contributed by atoms with Crippen molar-refractivity contribution in [3.05, 3.63) is 60.9 Å². The zero-order chi connectivity index (χ0) is 14.9. The van der Waals surface area contributed by atoms with Crippen LogP contribution in [0.15, 0.2) is 65.8 Å². The second kappa shape index (κ2) is 5.18. The summed E-state index contributed by atoms with van der Waals surface area (Å²) in [6.45, 7) is 0. The number of imidazole rings is 1. The van der Waals surface area contributed by atoms with Crippen molar-refractivity contribution in [1.82, 2.24) is 9.97 Å². The van der Waals surface area contributed by atoms with Gasteiger partial charge in [-0.05, 0) is 12.1 Å². The first kappa shape index (κ1) is 13.6. The van der Waals surface area contributed by atoms with Crippen molar-refractivity contribution in [2.45, 2.75) is 4.90 Å². The van der Waals surface area contributed by atoms with Crippen molar-refractivity contribution < 1.29 is 8.42 Å². The van der Waals surface area contributed by atoms with Crippen molar-refractivity contribution in [2.75, 3.05) is 6.26 Å². The summed E-state index contributed by atoms with van der Waals surface area (Å²) in [4.78, 5) is 7.79. The maximum absolute atomic E-state index is 11.5. The van der Waals surface area contributed by atoms with Gasteiger partial charge in [-0.15, -0.1) is 0 Å². The summed E-state index contributed by atoms with van der Waals surface area (Å²) in [5.74, 6) is 0. The zero-order valence-electron chi connectivity index (χ0n) is 11.4. The molecule has 106 valence electrons. The van der Waals surface area contributed by atoms with Gasteiger partial charge in [-0.25, -0.2) is 13.4 Å². The van der Waals surface area contributed by atoms with Gasteiger partial charge in [0.2, 0.25) is 0 Å². The van der Waals surface area contributed by atoms with Gasteiger partial charge >= 0.3 is 0 Å². The number of rotatable bonds is 3. The van der Waals surface area contributed by atoms with E-state index in [0.29, 0.717) is 4.90 Å². The number of hydrogen-bond donors (Lipinski definition) is 1. The van der Waals surface area contributed by atoms with E-state index < -0.39 is 9.84 Å². The van der Waals surface area contributed by atoms with Crippen molar-refractivity contribution in [3.8, 4) is 22.5 Å². The van der Waals surface area contributed by atoms with Crippen LogP contribution in [0.4, 0.5) is 0 Å². The van der Waals surface area contributed by atoms with Gasteiger partial charge in [0.1, 0.15) is 0 Å². The fraction of sp³-hybridized carbons (Fsp3) is 0.0625. The Bertz CT molecular complexity index is 851. The third-order valence-corrected chi connectivity index (χ3v) is 4.39. The second-order valence-electron chi connectivity index (χ2n) is 4.79. The van der Waals surface area contributed by atoms with Crippen LogP contribution in [0.5, 0.6) is 0 Å². The molecule has 4 nitrogen and oxygen atoms in total. The summed E-state index contributed by atoms with van der Waals surface area (Å²) in [5, 5.41) is 0. The van der Waals surface area contributed by atoms with Crippen molar-refractivity contribution in [1.29, 1.82) is 0 Å². The molecule has 0 amide bonds. The van der Waals surface area contributed by atoms with Crippen LogP contribution in [-0.2, 0) is 9.84 Å². The van der Waals surface area contributed by atoms with Gasteiger partial charge in [0.15, 0.2) is 9.84 Å². The summed E-state index contributed by atoms with van der Waals surface area (Å²) < 4.78 is 23.0. The molecule has 0 fully saturated rings. The Morgan fingerprint density at radius 3 is 2.19 bits per heavy atom. The van der Waals surface area contributed by atoms with Crippen molar-refractivity contribution in [3.63, 3.8) is 0 Å². The van der Waals surface area contributed by atoms with Crippen LogP contribution in [0.2, 0.25) is 0 Å². The average Bonchev–Trinajstić information content (AvgIpc) is 2.97. The second-order valence-corrected chi connectivity index (χ2v) is 6.80. The maximum atomic E-state index is 11.5. The van der Waals surface area contributed by atoms with E-state index in [4.69, 9.17) is 0 Å². The van der Waals surface area contributed by atoms with Gasteiger partial charge in [0.05, 0.1) is 22.6 Å². The lowest BCUT2D eigenvalue weighted by Crippen LogP contribution is -1.96. The molecular formula is C16H14N2O2S. The minimum atomic E-state index is -3.18. The quantitative estimate of drug-likeness (QED) is 0.808. The largest absolute Gasteiger partial charge is 0.344 e. The Labute approximate surface area is 123 Å². The molecule has 1 heterocycles. The molecule has 0 radical (unpaired) electrons. The highest BCUT2D eigenvalue weighted by atomic mass is 32.2. The van der Waals surface area contributed by atoms with E-state index >= 15 is 0 Å². The molecule has 0 saturated carbocycles. The first-order chi connectivity index (χ1) is 10.1. The van der Waals surface area contributed by atoms with Crippen molar-refractivity contribution in [2.24, 2.45) is 0 Å². The lowest BCUT2D eigenvalue weighted by molar-refractivity contribution is 0.602. The number of aromatic amines is 1. The predicted octanol–water partition coefficient (Wildman–Crippen LogP) is 3.15. The molecule has 2 aromatic carbocycles. The molecule has 3 rings (SSSR count). The third-order valence-electron chi connectivity index (χ3n) is 3.26. The Morgan fingerprint density at radius 2 is 1.57 bits per heavy atom. The Morgan fingerprint density at radius 1 is 0.905 bits per heavy atom. The van der Waals surface area contributed by atoms with Gasteiger partial charge < -0.3 is 4.98 Å². The Balaban J connectivity index is 2.05. The third kappa shape index (κ3) is 2.73. The first-order valence-corrected chi connectivity index (χ1v) is 8.34. The molecule has 0 atom stereocenters. The smallest absolute Gasteiger partial charge is 0.175 e. The highest BCUT2D eigenvalue weighted by Crippen LogP contribution is 2.29. The summed E-state index contributed by atoms with van der Waals surface area (Å²) in [7, 11) is -3.18. The number of H-pyrrole nitrogens is 1. The molecule has 0 unspecified atom stereocenters. The molecule has 0 aliphatic carbocycles. The molecule has 1 aromatic heterocycles. The highest BCUT2D eigenvalue weighted by Gasteiger charge is 2.12. The minimum Gasteiger partial charge on any atom is -0.344 e. The van der Waals surface area contributed by atoms with E-state index in [-0.39, 0.29) is 0 Å². The Hall–Kier alpha value is -2.40. The summed E-state index contributed by atoms with van der Waals surface area (Å²) >= 11 is 0. The molecule has 0 aliphatic heterocycles. The summed E-state index contributed by atoms with van der Waals surface area (Å²) in [6, 6.07) is 16.7. The lowest BCUT2D eigenvalue weighted by atomic mass is 10.1. The lowest BCUT2D eigenvalue weighted by Gasteiger charge is -2.04. The molecule has 1 N–H and O–H groups in total. The van der Waals surface area contributed by atoms with Gasteiger partial charge in [0.25, 0.3) is 0 Å².